The van der Waals surface area contributed by atoms with Gasteiger partial charge in [0, 0.05) is 6.20 Å². The molecular weight excluding hydrogens is 284 g/mol. The van der Waals surface area contributed by atoms with Gasteiger partial charge in [0.15, 0.2) is 0 Å². The van der Waals surface area contributed by atoms with Gasteiger partial charge in [0.2, 0.25) is 10.0 Å². The molecule has 7 nitrogen and oxygen atoms in total. The van der Waals surface area contributed by atoms with Crippen molar-refractivity contribution >= 4 is 16.0 Å². The quantitative estimate of drug-likeness (QED) is 0.874. The van der Waals surface area contributed by atoms with Crippen LogP contribution in [0.5, 0.6) is 11.5 Å². The predicted molar refractivity (Wildman–Crippen MR) is 69.1 cm³/mol. The van der Waals surface area contributed by atoms with Gasteiger partial charge < -0.3 is 9.84 Å². The zero-order valence-electron chi connectivity index (χ0n) is 10.1. The Morgan fingerprint density at radius 3 is 2.60 bits per heavy atom. The third-order valence-corrected chi connectivity index (χ3v) is 3.29. The third kappa shape index (κ3) is 3.11. The van der Waals surface area contributed by atoms with Crippen LogP contribution in [0.1, 0.15) is 10.4 Å². The van der Waals surface area contributed by atoms with Gasteiger partial charge in [-0.3, -0.25) is 4.98 Å². The summed E-state index contributed by atoms with van der Waals surface area (Å²) in [6.07, 6.45) is 2.42. The van der Waals surface area contributed by atoms with E-state index in [2.05, 4.69) is 4.98 Å². The van der Waals surface area contributed by atoms with Crippen molar-refractivity contribution in [2.75, 3.05) is 0 Å². The molecule has 3 N–H and O–H groups in total. The molecule has 20 heavy (non-hydrogen) atoms. The number of pyridine rings is 1. The van der Waals surface area contributed by atoms with Crippen molar-refractivity contribution in [3.05, 3.63) is 48.3 Å². The summed E-state index contributed by atoms with van der Waals surface area (Å²) >= 11 is 0. The third-order valence-electron chi connectivity index (χ3n) is 2.34. The normalized spacial score (nSPS) is 11.1. The molecule has 1 heterocycles. The number of aromatic nitrogens is 1. The molecule has 0 aliphatic carbocycles. The van der Waals surface area contributed by atoms with Crippen molar-refractivity contribution in [3.63, 3.8) is 0 Å². The van der Waals surface area contributed by atoms with E-state index in [1.807, 2.05) is 0 Å². The lowest BCUT2D eigenvalue weighted by Gasteiger charge is -2.09. The van der Waals surface area contributed by atoms with Gasteiger partial charge in [-0.2, -0.15) is 0 Å². The number of para-hydroxylation sites is 1. The van der Waals surface area contributed by atoms with E-state index in [0.29, 0.717) is 0 Å². The SMILES string of the molecule is NS(=O)(=O)c1ccccc1Oc1cncc(C(=O)O)c1. The Morgan fingerprint density at radius 2 is 1.95 bits per heavy atom. The average Bonchev–Trinajstić information content (AvgIpc) is 2.38. The second kappa shape index (κ2) is 5.27. The summed E-state index contributed by atoms with van der Waals surface area (Å²) < 4.78 is 28.2. The molecular formula is C12H10N2O5S. The van der Waals surface area contributed by atoms with Crippen molar-refractivity contribution in [2.24, 2.45) is 5.14 Å². The number of nitrogens with zero attached hydrogens (tertiary/aromatic N) is 1. The first-order chi connectivity index (χ1) is 9.38. The van der Waals surface area contributed by atoms with Crippen molar-refractivity contribution in [3.8, 4) is 11.5 Å². The Morgan fingerprint density at radius 1 is 1.25 bits per heavy atom. The minimum atomic E-state index is -3.94. The van der Waals surface area contributed by atoms with Crippen LogP contribution in [-0.4, -0.2) is 24.5 Å². The maximum absolute atomic E-state index is 11.4. The number of carbonyl (C=O) groups is 1. The van der Waals surface area contributed by atoms with E-state index in [0.717, 1.165) is 6.20 Å². The van der Waals surface area contributed by atoms with Crippen LogP contribution in [0.4, 0.5) is 0 Å². The fourth-order valence-electron chi connectivity index (χ4n) is 1.49. The minimum Gasteiger partial charge on any atom is -0.478 e. The number of ether oxygens (including phenoxy) is 1. The van der Waals surface area contributed by atoms with Crippen LogP contribution in [0.3, 0.4) is 0 Å². The summed E-state index contributed by atoms with van der Waals surface area (Å²) in [6.45, 7) is 0. The van der Waals surface area contributed by atoms with Gasteiger partial charge in [-0.15, -0.1) is 0 Å². The maximum Gasteiger partial charge on any atom is 0.337 e. The first kappa shape index (κ1) is 14.0. The van der Waals surface area contributed by atoms with Crippen LogP contribution >= 0.6 is 0 Å². The van der Waals surface area contributed by atoms with Gasteiger partial charge in [-0.05, 0) is 18.2 Å². The van der Waals surface area contributed by atoms with E-state index < -0.39 is 16.0 Å². The van der Waals surface area contributed by atoms with Crippen LogP contribution in [0.2, 0.25) is 0 Å². The topological polar surface area (TPSA) is 120 Å². The van der Waals surface area contributed by atoms with Gasteiger partial charge in [0.05, 0.1) is 11.8 Å². The second-order valence-electron chi connectivity index (χ2n) is 3.81. The summed E-state index contributed by atoms with van der Waals surface area (Å²) in [5, 5.41) is 13.9. The Kier molecular flexibility index (Phi) is 3.68. The molecule has 0 saturated carbocycles. The van der Waals surface area contributed by atoms with Crippen molar-refractivity contribution < 1.29 is 23.1 Å². The monoisotopic (exact) mass is 294 g/mol. The van der Waals surface area contributed by atoms with Crippen LogP contribution in [-0.2, 0) is 10.0 Å². The van der Waals surface area contributed by atoms with Gasteiger partial charge in [-0.25, -0.2) is 18.4 Å². The van der Waals surface area contributed by atoms with Gasteiger partial charge in [0.1, 0.15) is 16.4 Å². The molecule has 0 bridgehead atoms. The number of benzene rings is 1. The lowest BCUT2D eigenvalue weighted by Crippen LogP contribution is -2.13. The van der Waals surface area contributed by atoms with Crippen LogP contribution in [0.25, 0.3) is 0 Å². The molecule has 0 saturated heterocycles. The molecule has 8 heteroatoms. The van der Waals surface area contributed by atoms with Gasteiger partial charge in [0.25, 0.3) is 0 Å². The van der Waals surface area contributed by atoms with Crippen LogP contribution in [0.15, 0.2) is 47.6 Å². The summed E-state index contributed by atoms with van der Waals surface area (Å²) in [5.41, 5.74) is -0.0735. The van der Waals surface area contributed by atoms with E-state index in [-0.39, 0.29) is 22.0 Å². The number of rotatable bonds is 4. The van der Waals surface area contributed by atoms with Crippen molar-refractivity contribution in [1.29, 1.82) is 0 Å². The first-order valence-electron chi connectivity index (χ1n) is 5.36. The number of sulfonamides is 1. The Labute approximate surface area is 114 Å². The fraction of sp³-hybridized carbons (Fsp3) is 0. The van der Waals surface area contributed by atoms with Crippen LogP contribution < -0.4 is 9.88 Å². The minimum absolute atomic E-state index is 0.000612. The average molecular weight is 294 g/mol. The Hall–Kier alpha value is -2.45. The van der Waals surface area contributed by atoms with Crippen molar-refractivity contribution in [2.45, 2.75) is 4.90 Å². The fourth-order valence-corrected chi connectivity index (χ4v) is 2.15. The highest BCUT2D eigenvalue weighted by Gasteiger charge is 2.15. The molecule has 0 aliphatic heterocycles. The van der Waals surface area contributed by atoms with E-state index in [1.54, 1.807) is 6.07 Å². The largest absolute Gasteiger partial charge is 0.478 e. The lowest BCUT2D eigenvalue weighted by atomic mass is 10.3. The predicted octanol–water partition coefficient (Wildman–Crippen LogP) is 1.22. The summed E-state index contributed by atoms with van der Waals surface area (Å²) in [7, 11) is -3.94. The summed E-state index contributed by atoms with van der Waals surface area (Å²) in [4.78, 5) is 14.3. The number of hydrogen-bond donors (Lipinski definition) is 2. The Balaban J connectivity index is 2.41. The molecule has 0 unspecified atom stereocenters. The highest BCUT2D eigenvalue weighted by molar-refractivity contribution is 7.89. The van der Waals surface area contributed by atoms with E-state index >= 15 is 0 Å². The van der Waals surface area contributed by atoms with E-state index in [4.69, 9.17) is 15.0 Å². The van der Waals surface area contributed by atoms with Crippen LogP contribution in [0, 0.1) is 0 Å². The molecule has 0 amide bonds. The second-order valence-corrected chi connectivity index (χ2v) is 5.34. The van der Waals surface area contributed by atoms with E-state index in [1.165, 1.54) is 30.5 Å². The maximum atomic E-state index is 11.4. The molecule has 0 spiro atoms. The molecule has 0 fully saturated rings. The molecule has 0 radical (unpaired) electrons. The molecule has 104 valence electrons. The number of nitrogens with two attached hydrogens (primary N) is 1. The number of carboxylic acids is 1. The molecule has 0 atom stereocenters. The van der Waals surface area contributed by atoms with Crippen molar-refractivity contribution in [1.82, 2.24) is 4.98 Å². The molecule has 1 aromatic carbocycles. The summed E-state index contributed by atoms with van der Waals surface area (Å²) in [6, 6.07) is 7.00. The molecule has 0 aliphatic rings. The highest BCUT2D eigenvalue weighted by Crippen LogP contribution is 2.27. The van der Waals surface area contributed by atoms with Gasteiger partial charge >= 0.3 is 5.97 Å². The number of carboxylic acid groups (broad SMARTS) is 1. The molecule has 1 aromatic heterocycles. The lowest BCUT2D eigenvalue weighted by molar-refractivity contribution is 0.0696. The Bertz CT molecular complexity index is 758. The summed E-state index contributed by atoms with van der Waals surface area (Å²) in [5.74, 6) is -1.07. The molecule has 2 rings (SSSR count). The zero-order chi connectivity index (χ0) is 14.8. The standard InChI is InChI=1S/C12H10N2O5S/c13-20(17,18)11-4-2-1-3-10(11)19-9-5-8(12(15)16)6-14-7-9/h1-7H,(H,15,16)(H2,13,17,18). The zero-order valence-corrected chi connectivity index (χ0v) is 10.9. The molecule has 2 aromatic rings. The smallest absolute Gasteiger partial charge is 0.337 e. The number of hydrogen-bond acceptors (Lipinski definition) is 5. The van der Waals surface area contributed by atoms with Gasteiger partial charge in [-0.1, -0.05) is 12.1 Å². The highest BCUT2D eigenvalue weighted by atomic mass is 32.2. The number of primary sulfonamides is 1. The first-order valence-corrected chi connectivity index (χ1v) is 6.90. The van der Waals surface area contributed by atoms with E-state index in [9.17, 15) is 13.2 Å². The number of aromatic carboxylic acids is 1.